The summed E-state index contributed by atoms with van der Waals surface area (Å²) in [6, 6.07) is 15.6. The van der Waals surface area contributed by atoms with E-state index in [0.717, 1.165) is 44.5 Å². The number of ether oxygens (including phenoxy) is 2. The largest absolute Gasteiger partial charge is 0.493 e. The third-order valence-electron chi connectivity index (χ3n) is 7.61. The Morgan fingerprint density at radius 3 is 2.41 bits per heavy atom. The highest BCUT2D eigenvalue weighted by Crippen LogP contribution is 2.31. The maximum atomic E-state index is 13.7. The van der Waals surface area contributed by atoms with Crippen LogP contribution in [0.2, 0.25) is 5.02 Å². The van der Waals surface area contributed by atoms with Crippen LogP contribution in [0, 0.1) is 11.8 Å². The predicted octanol–water partition coefficient (Wildman–Crippen LogP) is 4.68. The highest BCUT2D eigenvalue weighted by molar-refractivity contribution is 6.31. The van der Waals surface area contributed by atoms with Crippen LogP contribution in [-0.4, -0.2) is 80.2 Å². The molecule has 2 aliphatic rings. The van der Waals surface area contributed by atoms with Crippen LogP contribution in [0.4, 0.5) is 0 Å². The Labute approximate surface area is 237 Å². The third kappa shape index (κ3) is 8.44. The van der Waals surface area contributed by atoms with Crippen LogP contribution < -0.4 is 10.1 Å². The predicted molar refractivity (Wildman–Crippen MR) is 154 cm³/mol. The Kier molecular flexibility index (Phi) is 10.7. The van der Waals surface area contributed by atoms with Gasteiger partial charge in [0, 0.05) is 69.0 Å². The van der Waals surface area contributed by atoms with Gasteiger partial charge in [0.05, 0.1) is 13.0 Å². The second-order valence-corrected chi connectivity index (χ2v) is 11.5. The van der Waals surface area contributed by atoms with Gasteiger partial charge in [-0.3, -0.25) is 9.59 Å². The van der Waals surface area contributed by atoms with Gasteiger partial charge in [0.1, 0.15) is 5.75 Å². The monoisotopic (exact) mass is 555 g/mol. The van der Waals surface area contributed by atoms with Gasteiger partial charge in [-0.25, -0.2) is 0 Å². The Hall–Kier alpha value is -2.61. The molecule has 1 aliphatic heterocycles. The molecule has 2 amide bonds. The lowest BCUT2D eigenvalue weighted by Crippen LogP contribution is -2.45. The van der Waals surface area contributed by atoms with Gasteiger partial charge >= 0.3 is 0 Å². The first-order valence-electron chi connectivity index (χ1n) is 14.1. The number of carbonyl (C=O) groups excluding carboxylic acids is 2. The molecular weight excluding hydrogens is 514 g/mol. The minimum Gasteiger partial charge on any atom is -0.493 e. The zero-order valence-corrected chi connectivity index (χ0v) is 24.2. The zero-order chi connectivity index (χ0) is 27.8. The maximum absolute atomic E-state index is 13.7. The first-order chi connectivity index (χ1) is 18.9. The van der Waals surface area contributed by atoms with Gasteiger partial charge in [0.15, 0.2) is 0 Å². The number of nitrogens with zero attached hydrogens (tertiary/aromatic N) is 2. The second kappa shape index (κ2) is 14.1. The minimum atomic E-state index is -0.0564. The molecule has 0 radical (unpaired) electrons. The first kappa shape index (κ1) is 29.4. The first-order valence-corrected chi connectivity index (χ1v) is 14.5. The lowest BCUT2D eigenvalue weighted by Gasteiger charge is -2.34. The fourth-order valence-electron chi connectivity index (χ4n) is 5.29. The van der Waals surface area contributed by atoms with E-state index >= 15 is 0 Å². The Morgan fingerprint density at radius 2 is 1.74 bits per heavy atom. The van der Waals surface area contributed by atoms with Gasteiger partial charge < -0.3 is 24.6 Å². The number of rotatable bonds is 14. The van der Waals surface area contributed by atoms with Crippen molar-refractivity contribution in [2.45, 2.75) is 51.6 Å². The molecule has 2 atom stereocenters. The summed E-state index contributed by atoms with van der Waals surface area (Å²) in [7, 11) is 1.66. The van der Waals surface area contributed by atoms with Crippen molar-refractivity contribution in [2.75, 3.05) is 46.5 Å². The van der Waals surface area contributed by atoms with Gasteiger partial charge in [-0.1, -0.05) is 41.9 Å². The van der Waals surface area contributed by atoms with Crippen LogP contribution in [0.3, 0.4) is 0 Å². The zero-order valence-electron chi connectivity index (χ0n) is 23.4. The van der Waals surface area contributed by atoms with Crippen molar-refractivity contribution in [1.29, 1.82) is 0 Å². The van der Waals surface area contributed by atoms with Gasteiger partial charge in [0.2, 0.25) is 5.91 Å². The molecule has 1 saturated heterocycles. The molecule has 0 spiro atoms. The van der Waals surface area contributed by atoms with Crippen molar-refractivity contribution in [3.8, 4) is 5.75 Å². The summed E-state index contributed by atoms with van der Waals surface area (Å²) >= 11 is 6.37. The van der Waals surface area contributed by atoms with Gasteiger partial charge in [0.25, 0.3) is 5.91 Å². The molecule has 2 aromatic carbocycles. The molecule has 0 bridgehead atoms. The highest BCUT2D eigenvalue weighted by Gasteiger charge is 2.38. The van der Waals surface area contributed by atoms with E-state index in [2.05, 4.69) is 10.2 Å². The van der Waals surface area contributed by atoms with Gasteiger partial charge in [-0.15, -0.1) is 0 Å². The van der Waals surface area contributed by atoms with Crippen LogP contribution >= 0.6 is 11.6 Å². The maximum Gasteiger partial charge on any atom is 0.254 e. The van der Waals surface area contributed by atoms with E-state index < -0.39 is 0 Å². The summed E-state index contributed by atoms with van der Waals surface area (Å²) in [5, 5.41) is 4.00. The second-order valence-electron chi connectivity index (χ2n) is 11.0. The normalized spacial score (nSPS) is 18.8. The SMILES string of the molecule is COCCCOc1cc(Cl)cc(C(=O)N(C[C@@H]2CNCC2CN(C(=O)Cc2ccccc2)C2CC2)C(C)C)c1. The Balaban J connectivity index is 1.42. The number of nitrogens with one attached hydrogen (secondary N) is 1. The molecule has 1 heterocycles. The molecule has 1 saturated carbocycles. The van der Waals surface area contributed by atoms with Gasteiger partial charge in [-0.2, -0.15) is 0 Å². The van der Waals surface area contributed by atoms with Crippen molar-refractivity contribution in [3.05, 3.63) is 64.7 Å². The molecule has 2 aromatic rings. The molecule has 39 heavy (non-hydrogen) atoms. The van der Waals surface area contributed by atoms with Crippen LogP contribution in [0.25, 0.3) is 0 Å². The number of hydrogen-bond acceptors (Lipinski definition) is 5. The van der Waals surface area contributed by atoms with Crippen LogP contribution in [-0.2, 0) is 16.0 Å². The number of hydrogen-bond donors (Lipinski definition) is 1. The molecule has 212 valence electrons. The summed E-state index contributed by atoms with van der Waals surface area (Å²) in [5.41, 5.74) is 1.58. The fraction of sp³-hybridized carbons (Fsp3) is 0.548. The summed E-state index contributed by atoms with van der Waals surface area (Å²) in [6.45, 7) is 8.22. The lowest BCUT2D eigenvalue weighted by atomic mass is 9.93. The number of methoxy groups -OCH3 is 1. The van der Waals surface area contributed by atoms with E-state index in [0.29, 0.717) is 54.5 Å². The summed E-state index contributed by atoms with van der Waals surface area (Å²) in [5.74, 6) is 1.27. The molecule has 1 aliphatic carbocycles. The molecule has 4 rings (SSSR count). The molecule has 8 heteroatoms. The topological polar surface area (TPSA) is 71.1 Å². The molecular formula is C31H42ClN3O4. The molecule has 2 fully saturated rings. The van der Waals surface area contributed by atoms with Crippen molar-refractivity contribution in [3.63, 3.8) is 0 Å². The minimum absolute atomic E-state index is 0.0167. The van der Waals surface area contributed by atoms with Crippen molar-refractivity contribution in [2.24, 2.45) is 11.8 Å². The van der Waals surface area contributed by atoms with E-state index in [4.69, 9.17) is 21.1 Å². The van der Waals surface area contributed by atoms with E-state index in [1.807, 2.05) is 49.1 Å². The van der Waals surface area contributed by atoms with Crippen molar-refractivity contribution in [1.82, 2.24) is 15.1 Å². The van der Waals surface area contributed by atoms with Crippen LogP contribution in [0.15, 0.2) is 48.5 Å². The Morgan fingerprint density at radius 1 is 1.03 bits per heavy atom. The summed E-state index contributed by atoms with van der Waals surface area (Å²) in [6.07, 6.45) is 3.34. The van der Waals surface area contributed by atoms with Gasteiger partial charge in [-0.05, 0) is 62.3 Å². The number of benzene rings is 2. The molecule has 1 N–H and O–H groups in total. The smallest absolute Gasteiger partial charge is 0.254 e. The fourth-order valence-corrected chi connectivity index (χ4v) is 5.51. The average molecular weight is 556 g/mol. The lowest BCUT2D eigenvalue weighted by molar-refractivity contribution is -0.131. The van der Waals surface area contributed by atoms with Crippen LogP contribution in [0.5, 0.6) is 5.75 Å². The van der Waals surface area contributed by atoms with Crippen molar-refractivity contribution < 1.29 is 19.1 Å². The van der Waals surface area contributed by atoms with E-state index in [-0.39, 0.29) is 23.8 Å². The van der Waals surface area contributed by atoms with Crippen LogP contribution in [0.1, 0.15) is 49.0 Å². The molecule has 7 nitrogen and oxygen atoms in total. The summed E-state index contributed by atoms with van der Waals surface area (Å²) in [4.78, 5) is 31.0. The Bertz CT molecular complexity index is 1090. The van der Waals surface area contributed by atoms with Crippen molar-refractivity contribution >= 4 is 23.4 Å². The highest BCUT2D eigenvalue weighted by atomic mass is 35.5. The average Bonchev–Trinajstić information content (AvgIpc) is 3.66. The number of halogens is 1. The number of amides is 2. The quantitative estimate of drug-likeness (QED) is 0.343. The standard InChI is InChI=1S/C31H42ClN3O4/c1-22(2)34(31(37)24-15-27(32)17-29(16-24)39-13-7-12-38-3)20-25-18-33-19-26(25)21-35(28-10-11-28)30(36)14-23-8-5-4-6-9-23/h4-6,8-9,15-17,22,25-26,28,33H,7,10-14,18-21H2,1-3H3/t25-,26?/m0/s1. The molecule has 1 unspecified atom stereocenters. The number of carbonyl (C=O) groups is 2. The van der Waals surface area contributed by atoms with E-state index in [1.165, 1.54) is 0 Å². The molecule has 0 aromatic heterocycles. The third-order valence-corrected chi connectivity index (χ3v) is 7.83. The van der Waals surface area contributed by atoms with E-state index in [1.54, 1.807) is 25.3 Å². The summed E-state index contributed by atoms with van der Waals surface area (Å²) < 4.78 is 10.9. The van der Waals surface area contributed by atoms with E-state index in [9.17, 15) is 9.59 Å².